The summed E-state index contributed by atoms with van der Waals surface area (Å²) in [6.07, 6.45) is 3.10. The smallest absolute Gasteiger partial charge is 0.0755 e. The molecule has 1 aliphatic heterocycles. The van der Waals surface area contributed by atoms with Crippen molar-refractivity contribution in [2.24, 2.45) is 5.92 Å². The van der Waals surface area contributed by atoms with Crippen molar-refractivity contribution in [3.63, 3.8) is 0 Å². The summed E-state index contributed by atoms with van der Waals surface area (Å²) < 4.78 is 6.17. The number of ether oxygens (including phenoxy) is 1. The van der Waals surface area contributed by atoms with Crippen molar-refractivity contribution in [3.05, 3.63) is 29.8 Å². The summed E-state index contributed by atoms with van der Waals surface area (Å²) in [5, 5.41) is 3.50. The van der Waals surface area contributed by atoms with Gasteiger partial charge in [0.15, 0.2) is 0 Å². The Labute approximate surface area is 129 Å². The normalized spacial score (nSPS) is 22.0. The number of aryl methyl sites for hydroxylation is 1. The average molecular weight is 290 g/mol. The fourth-order valence-electron chi connectivity index (χ4n) is 2.99. The number of hydrogen-bond acceptors (Lipinski definition) is 3. The summed E-state index contributed by atoms with van der Waals surface area (Å²) in [6, 6.07) is 8.55. The van der Waals surface area contributed by atoms with Crippen molar-refractivity contribution in [2.75, 3.05) is 31.6 Å². The molecule has 1 aromatic rings. The molecule has 1 heterocycles. The third-order valence-corrected chi connectivity index (χ3v) is 4.12. The number of benzene rings is 1. The van der Waals surface area contributed by atoms with Crippen LogP contribution < -0.4 is 10.2 Å². The minimum absolute atomic E-state index is 0.362. The van der Waals surface area contributed by atoms with E-state index >= 15 is 0 Å². The lowest BCUT2D eigenvalue weighted by Gasteiger charge is -2.25. The Kier molecular flexibility index (Phi) is 6.07. The molecule has 118 valence electrons. The number of para-hydroxylation sites is 1. The Bertz CT molecular complexity index is 433. The minimum atomic E-state index is 0.362. The zero-order valence-electron chi connectivity index (χ0n) is 13.9. The van der Waals surface area contributed by atoms with Crippen LogP contribution in [0.1, 0.15) is 32.3 Å². The second-order valence-corrected chi connectivity index (χ2v) is 6.68. The SMILES string of the molecule is Cc1ccccc1N(C)CC1CCC(CNCC(C)C)O1. The van der Waals surface area contributed by atoms with Crippen LogP contribution in [0, 0.1) is 12.8 Å². The molecule has 1 N–H and O–H groups in total. The van der Waals surface area contributed by atoms with Gasteiger partial charge in [-0.05, 0) is 43.9 Å². The topological polar surface area (TPSA) is 24.5 Å². The summed E-state index contributed by atoms with van der Waals surface area (Å²) >= 11 is 0. The zero-order valence-corrected chi connectivity index (χ0v) is 13.9. The molecule has 0 spiro atoms. The molecule has 2 rings (SSSR count). The van der Waals surface area contributed by atoms with Crippen LogP contribution in [0.5, 0.6) is 0 Å². The number of nitrogens with zero attached hydrogens (tertiary/aromatic N) is 1. The lowest BCUT2D eigenvalue weighted by Crippen LogP contribution is -2.33. The van der Waals surface area contributed by atoms with E-state index in [0.717, 1.165) is 19.6 Å². The molecule has 0 amide bonds. The van der Waals surface area contributed by atoms with E-state index in [1.807, 2.05) is 0 Å². The molecule has 1 saturated heterocycles. The van der Waals surface area contributed by atoms with Gasteiger partial charge < -0.3 is 15.0 Å². The van der Waals surface area contributed by atoms with Gasteiger partial charge in [0.1, 0.15) is 0 Å². The molecule has 21 heavy (non-hydrogen) atoms. The van der Waals surface area contributed by atoms with Crippen molar-refractivity contribution in [1.29, 1.82) is 0 Å². The van der Waals surface area contributed by atoms with Gasteiger partial charge >= 0.3 is 0 Å². The highest BCUT2D eigenvalue weighted by Gasteiger charge is 2.26. The second kappa shape index (κ2) is 7.81. The van der Waals surface area contributed by atoms with E-state index in [9.17, 15) is 0 Å². The number of likely N-dealkylation sites (N-methyl/N-ethyl adjacent to an activating group) is 1. The summed E-state index contributed by atoms with van der Waals surface area (Å²) in [4.78, 5) is 2.32. The predicted octanol–water partition coefficient (Wildman–Crippen LogP) is 3.22. The minimum Gasteiger partial charge on any atom is -0.372 e. The Morgan fingerprint density at radius 1 is 1.24 bits per heavy atom. The van der Waals surface area contributed by atoms with E-state index in [4.69, 9.17) is 4.74 Å². The van der Waals surface area contributed by atoms with Crippen LogP contribution in [0.25, 0.3) is 0 Å². The summed E-state index contributed by atoms with van der Waals surface area (Å²) in [5.74, 6) is 0.703. The predicted molar refractivity (Wildman–Crippen MR) is 90.1 cm³/mol. The molecule has 0 radical (unpaired) electrons. The Balaban J connectivity index is 1.76. The summed E-state index contributed by atoms with van der Waals surface area (Å²) in [6.45, 7) is 9.69. The lowest BCUT2D eigenvalue weighted by molar-refractivity contribution is 0.0497. The fourth-order valence-corrected chi connectivity index (χ4v) is 2.99. The van der Waals surface area contributed by atoms with Crippen LogP contribution in [-0.2, 0) is 4.74 Å². The number of nitrogens with one attached hydrogen (secondary N) is 1. The van der Waals surface area contributed by atoms with Crippen LogP contribution in [0.4, 0.5) is 5.69 Å². The van der Waals surface area contributed by atoms with Gasteiger partial charge in [-0.3, -0.25) is 0 Å². The molecule has 0 aliphatic carbocycles. The largest absolute Gasteiger partial charge is 0.372 e. The van der Waals surface area contributed by atoms with Gasteiger partial charge in [-0.1, -0.05) is 32.0 Å². The monoisotopic (exact) mass is 290 g/mol. The molecule has 3 nitrogen and oxygen atoms in total. The van der Waals surface area contributed by atoms with Crippen molar-refractivity contribution in [2.45, 2.75) is 45.8 Å². The third-order valence-electron chi connectivity index (χ3n) is 4.12. The van der Waals surface area contributed by atoms with Crippen LogP contribution >= 0.6 is 0 Å². The van der Waals surface area contributed by atoms with Crippen LogP contribution in [0.15, 0.2) is 24.3 Å². The van der Waals surface area contributed by atoms with Gasteiger partial charge in [-0.15, -0.1) is 0 Å². The van der Waals surface area contributed by atoms with E-state index in [1.165, 1.54) is 24.1 Å². The van der Waals surface area contributed by atoms with Gasteiger partial charge in [0, 0.05) is 25.8 Å². The van der Waals surface area contributed by atoms with E-state index in [1.54, 1.807) is 0 Å². The van der Waals surface area contributed by atoms with Crippen LogP contribution in [0.3, 0.4) is 0 Å². The molecule has 0 saturated carbocycles. The quantitative estimate of drug-likeness (QED) is 0.834. The fraction of sp³-hybridized carbons (Fsp3) is 0.667. The Morgan fingerprint density at radius 3 is 2.67 bits per heavy atom. The average Bonchev–Trinajstić information content (AvgIpc) is 2.86. The zero-order chi connectivity index (χ0) is 15.2. The van der Waals surface area contributed by atoms with Crippen molar-refractivity contribution in [1.82, 2.24) is 5.32 Å². The van der Waals surface area contributed by atoms with Crippen molar-refractivity contribution in [3.8, 4) is 0 Å². The van der Waals surface area contributed by atoms with E-state index in [2.05, 4.69) is 62.3 Å². The summed E-state index contributed by atoms with van der Waals surface area (Å²) in [7, 11) is 2.16. The molecular weight excluding hydrogens is 260 g/mol. The number of rotatable bonds is 7. The van der Waals surface area contributed by atoms with Gasteiger partial charge in [0.2, 0.25) is 0 Å². The first-order valence-corrected chi connectivity index (χ1v) is 8.19. The Morgan fingerprint density at radius 2 is 1.95 bits per heavy atom. The molecule has 1 aromatic carbocycles. The first kappa shape index (κ1) is 16.3. The molecule has 2 atom stereocenters. The first-order chi connectivity index (χ1) is 10.1. The second-order valence-electron chi connectivity index (χ2n) is 6.68. The van der Waals surface area contributed by atoms with Crippen LogP contribution in [0.2, 0.25) is 0 Å². The number of hydrogen-bond donors (Lipinski definition) is 1. The summed E-state index contributed by atoms with van der Waals surface area (Å²) in [5.41, 5.74) is 2.63. The third kappa shape index (κ3) is 5.01. The molecular formula is C18H30N2O. The first-order valence-electron chi connectivity index (χ1n) is 8.19. The van der Waals surface area contributed by atoms with Crippen molar-refractivity contribution >= 4 is 5.69 Å². The molecule has 0 aromatic heterocycles. The van der Waals surface area contributed by atoms with Crippen molar-refractivity contribution < 1.29 is 4.74 Å². The maximum atomic E-state index is 6.17. The lowest BCUT2D eigenvalue weighted by atomic mass is 10.1. The van der Waals surface area contributed by atoms with Gasteiger partial charge in [-0.2, -0.15) is 0 Å². The highest BCUT2D eigenvalue weighted by atomic mass is 16.5. The molecule has 3 heteroatoms. The van der Waals surface area contributed by atoms with E-state index < -0.39 is 0 Å². The standard InChI is InChI=1S/C18H30N2O/c1-14(2)11-19-12-16-9-10-17(21-16)13-20(4)18-8-6-5-7-15(18)3/h5-8,14,16-17,19H,9-13H2,1-4H3. The van der Waals surface area contributed by atoms with Gasteiger partial charge in [0.05, 0.1) is 12.2 Å². The van der Waals surface area contributed by atoms with E-state index in [-0.39, 0.29) is 0 Å². The maximum absolute atomic E-state index is 6.17. The number of anilines is 1. The van der Waals surface area contributed by atoms with Crippen LogP contribution in [-0.4, -0.2) is 38.9 Å². The van der Waals surface area contributed by atoms with E-state index in [0.29, 0.717) is 18.1 Å². The maximum Gasteiger partial charge on any atom is 0.0755 e. The molecule has 0 bridgehead atoms. The van der Waals surface area contributed by atoms with Gasteiger partial charge in [0.25, 0.3) is 0 Å². The molecule has 2 unspecified atom stereocenters. The Hall–Kier alpha value is -1.06. The van der Waals surface area contributed by atoms with Gasteiger partial charge in [-0.25, -0.2) is 0 Å². The molecule has 1 aliphatic rings. The highest BCUT2D eigenvalue weighted by molar-refractivity contribution is 5.52. The highest BCUT2D eigenvalue weighted by Crippen LogP contribution is 2.23. The molecule has 1 fully saturated rings.